The van der Waals surface area contributed by atoms with Crippen LogP contribution < -0.4 is 0 Å². The first-order valence-corrected chi connectivity index (χ1v) is 7.59. The summed E-state index contributed by atoms with van der Waals surface area (Å²) in [5.74, 6) is 0.976. The van der Waals surface area contributed by atoms with Gasteiger partial charge >= 0.3 is 0 Å². The molecule has 1 saturated heterocycles. The van der Waals surface area contributed by atoms with Gasteiger partial charge in [-0.25, -0.2) is 0 Å². The molecule has 1 atom stereocenters. The maximum atomic E-state index is 12.2. The molecule has 1 aliphatic carbocycles. The van der Waals surface area contributed by atoms with E-state index in [-0.39, 0.29) is 11.0 Å². The molecule has 1 unspecified atom stereocenters. The van der Waals surface area contributed by atoms with Gasteiger partial charge in [0.25, 0.3) is 0 Å². The Morgan fingerprint density at radius 3 is 2.50 bits per heavy atom. The predicted octanol–water partition coefficient (Wildman–Crippen LogP) is 4.12. The Kier molecular flexibility index (Phi) is 4.15. The number of Topliss-reactive ketones (excluding diaryl/α,β-unsaturated/α-hetero) is 1. The molecule has 0 aromatic rings. The van der Waals surface area contributed by atoms with Gasteiger partial charge in [-0.3, -0.25) is 4.79 Å². The third kappa shape index (κ3) is 3.34. The number of hydrogen-bond acceptors (Lipinski definition) is 2. The molecule has 0 bridgehead atoms. The molecule has 0 N–H and O–H groups in total. The average molecular weight is 252 g/mol. The molecule has 104 valence electrons. The number of carbonyl (C=O) groups is 1. The Morgan fingerprint density at radius 2 is 1.89 bits per heavy atom. The van der Waals surface area contributed by atoms with E-state index in [4.69, 9.17) is 4.74 Å². The summed E-state index contributed by atoms with van der Waals surface area (Å²) >= 11 is 0. The monoisotopic (exact) mass is 252 g/mol. The maximum absolute atomic E-state index is 12.2. The van der Waals surface area contributed by atoms with Gasteiger partial charge in [0.1, 0.15) is 5.78 Å². The number of carbonyl (C=O) groups excluding carboxylic acids is 1. The van der Waals surface area contributed by atoms with Gasteiger partial charge in [-0.05, 0) is 31.6 Å². The summed E-state index contributed by atoms with van der Waals surface area (Å²) in [6.45, 7) is 6.96. The molecular weight excluding hydrogens is 224 g/mol. The van der Waals surface area contributed by atoms with Gasteiger partial charge in [0.05, 0.1) is 5.60 Å². The molecular formula is C16H28O2. The summed E-state index contributed by atoms with van der Waals surface area (Å²) < 4.78 is 6.09. The molecule has 1 heterocycles. The molecule has 0 amide bonds. The quantitative estimate of drug-likeness (QED) is 0.739. The first kappa shape index (κ1) is 14.0. The van der Waals surface area contributed by atoms with E-state index in [0.717, 1.165) is 25.9 Å². The van der Waals surface area contributed by atoms with Crippen molar-refractivity contribution in [3.63, 3.8) is 0 Å². The van der Waals surface area contributed by atoms with Crippen molar-refractivity contribution in [2.45, 2.75) is 77.7 Å². The Labute approximate surface area is 111 Å². The highest BCUT2D eigenvalue weighted by atomic mass is 16.5. The zero-order chi connectivity index (χ0) is 13.2. The number of hydrogen-bond donors (Lipinski definition) is 0. The second-order valence-corrected chi connectivity index (χ2v) is 7.33. The van der Waals surface area contributed by atoms with Crippen molar-refractivity contribution in [1.29, 1.82) is 0 Å². The van der Waals surface area contributed by atoms with E-state index in [1.54, 1.807) is 0 Å². The van der Waals surface area contributed by atoms with Crippen molar-refractivity contribution in [3.05, 3.63) is 0 Å². The second-order valence-electron chi connectivity index (χ2n) is 7.33. The summed E-state index contributed by atoms with van der Waals surface area (Å²) in [6, 6.07) is 0. The van der Waals surface area contributed by atoms with E-state index >= 15 is 0 Å². The lowest BCUT2D eigenvalue weighted by atomic mass is 9.73. The largest absolute Gasteiger partial charge is 0.375 e. The van der Waals surface area contributed by atoms with Crippen molar-refractivity contribution in [2.24, 2.45) is 11.3 Å². The highest BCUT2D eigenvalue weighted by molar-refractivity contribution is 5.83. The summed E-state index contributed by atoms with van der Waals surface area (Å²) in [5.41, 5.74) is -0.0443. The fourth-order valence-electron chi connectivity index (χ4n) is 3.42. The van der Waals surface area contributed by atoms with Crippen LogP contribution in [0.2, 0.25) is 0 Å². The van der Waals surface area contributed by atoms with Gasteiger partial charge in [-0.1, -0.05) is 40.0 Å². The molecule has 2 aliphatic rings. The van der Waals surface area contributed by atoms with Crippen LogP contribution in [-0.4, -0.2) is 18.0 Å². The molecule has 2 nitrogen and oxygen atoms in total. The average Bonchev–Trinajstić information content (AvgIpc) is 2.28. The minimum absolute atomic E-state index is 0.138. The number of ether oxygens (including phenoxy) is 1. The van der Waals surface area contributed by atoms with E-state index in [1.165, 1.54) is 32.1 Å². The SMILES string of the molecule is CC(C)(C)C(=O)CC1CCOC2(CCCCC2)C1. The van der Waals surface area contributed by atoms with E-state index in [9.17, 15) is 4.79 Å². The Bertz CT molecular complexity index is 289. The Hall–Kier alpha value is -0.370. The van der Waals surface area contributed by atoms with Gasteiger partial charge in [0, 0.05) is 18.4 Å². The van der Waals surface area contributed by atoms with Crippen LogP contribution in [0.25, 0.3) is 0 Å². The van der Waals surface area contributed by atoms with Crippen molar-refractivity contribution >= 4 is 5.78 Å². The first-order chi connectivity index (χ1) is 8.41. The molecule has 18 heavy (non-hydrogen) atoms. The van der Waals surface area contributed by atoms with Gasteiger partial charge < -0.3 is 4.74 Å². The Morgan fingerprint density at radius 1 is 1.22 bits per heavy atom. The van der Waals surface area contributed by atoms with Crippen LogP contribution in [0, 0.1) is 11.3 Å². The smallest absolute Gasteiger partial charge is 0.138 e. The van der Waals surface area contributed by atoms with Crippen molar-refractivity contribution in [3.8, 4) is 0 Å². The van der Waals surface area contributed by atoms with E-state index in [0.29, 0.717) is 11.7 Å². The second kappa shape index (κ2) is 5.32. The van der Waals surface area contributed by atoms with Gasteiger partial charge in [0.2, 0.25) is 0 Å². The summed E-state index contributed by atoms with van der Waals surface area (Å²) in [4.78, 5) is 12.2. The lowest BCUT2D eigenvalue weighted by molar-refractivity contribution is -0.135. The number of rotatable bonds is 2. The minimum atomic E-state index is -0.183. The third-order valence-corrected chi connectivity index (χ3v) is 4.67. The van der Waals surface area contributed by atoms with Crippen molar-refractivity contribution in [2.75, 3.05) is 6.61 Å². The normalized spacial score (nSPS) is 28.3. The van der Waals surface area contributed by atoms with Crippen LogP contribution >= 0.6 is 0 Å². The molecule has 1 saturated carbocycles. The third-order valence-electron chi connectivity index (χ3n) is 4.67. The van der Waals surface area contributed by atoms with Crippen LogP contribution in [0.15, 0.2) is 0 Å². The topological polar surface area (TPSA) is 26.3 Å². The van der Waals surface area contributed by atoms with Crippen LogP contribution in [0.4, 0.5) is 0 Å². The fourth-order valence-corrected chi connectivity index (χ4v) is 3.42. The summed E-state index contributed by atoms with van der Waals surface area (Å²) in [5, 5.41) is 0. The molecule has 2 rings (SSSR count). The number of ketones is 1. The molecule has 0 aromatic carbocycles. The lowest BCUT2D eigenvalue weighted by Gasteiger charge is -2.43. The van der Waals surface area contributed by atoms with Crippen LogP contribution in [0.5, 0.6) is 0 Å². The zero-order valence-electron chi connectivity index (χ0n) is 12.3. The first-order valence-electron chi connectivity index (χ1n) is 7.59. The van der Waals surface area contributed by atoms with Gasteiger partial charge in [0.15, 0.2) is 0 Å². The predicted molar refractivity (Wildman–Crippen MR) is 73.6 cm³/mol. The maximum Gasteiger partial charge on any atom is 0.138 e. The van der Waals surface area contributed by atoms with Gasteiger partial charge in [-0.15, -0.1) is 0 Å². The zero-order valence-corrected chi connectivity index (χ0v) is 12.3. The molecule has 0 aromatic heterocycles. The van der Waals surface area contributed by atoms with E-state index in [2.05, 4.69) is 0 Å². The van der Waals surface area contributed by atoms with Crippen molar-refractivity contribution < 1.29 is 9.53 Å². The minimum Gasteiger partial charge on any atom is -0.375 e. The van der Waals surface area contributed by atoms with Gasteiger partial charge in [-0.2, -0.15) is 0 Å². The van der Waals surface area contributed by atoms with E-state index < -0.39 is 0 Å². The molecule has 0 radical (unpaired) electrons. The van der Waals surface area contributed by atoms with Crippen LogP contribution in [-0.2, 0) is 9.53 Å². The fraction of sp³-hybridized carbons (Fsp3) is 0.938. The standard InChI is InChI=1S/C16H28O2/c1-15(2,3)14(17)11-13-7-10-18-16(12-13)8-5-4-6-9-16/h13H,4-12H2,1-3H3. The lowest BCUT2D eigenvalue weighted by Crippen LogP contribution is -2.42. The summed E-state index contributed by atoms with van der Waals surface area (Å²) in [6.07, 6.45) is 9.35. The Balaban J connectivity index is 1.92. The molecule has 1 spiro atoms. The highest BCUT2D eigenvalue weighted by Gasteiger charge is 2.39. The summed E-state index contributed by atoms with van der Waals surface area (Å²) in [7, 11) is 0. The van der Waals surface area contributed by atoms with Crippen molar-refractivity contribution in [1.82, 2.24) is 0 Å². The highest BCUT2D eigenvalue weighted by Crippen LogP contribution is 2.42. The molecule has 2 fully saturated rings. The molecule has 2 heteroatoms. The van der Waals surface area contributed by atoms with Crippen LogP contribution in [0.3, 0.4) is 0 Å². The van der Waals surface area contributed by atoms with E-state index in [1.807, 2.05) is 20.8 Å². The van der Waals surface area contributed by atoms with Crippen LogP contribution in [0.1, 0.15) is 72.1 Å². The molecule has 1 aliphatic heterocycles.